The van der Waals surface area contributed by atoms with Crippen LogP contribution in [0.3, 0.4) is 0 Å². The standard InChI is InChI=1S/C60H39N3O/c1-4-17-40(18-5-1)46-26-16-27-47(41-19-6-2-7-20-41)60(46)63-56-30-15-12-25-50(56)53-39-45(33-36-59(53)63)64-44-32-35-58-52(38-44)49-24-11-14-29-55(49)62(58)43-31-34-57-51(37-43)48-23-10-13-28-54(48)61(57)42-21-8-3-9-22-42/h1-39H. The van der Waals surface area contributed by atoms with Crippen molar-refractivity contribution in [3.63, 3.8) is 0 Å². The molecular weight excluding hydrogens is 779 g/mol. The molecule has 4 heteroatoms. The number of para-hydroxylation sites is 5. The molecule has 0 aliphatic heterocycles. The SMILES string of the molecule is c1ccc(-c2cccc(-c3ccccc3)c2-n2c3ccccc3c3cc(Oc4ccc5c(c4)c4ccccc4n5-c4ccc5c(c4)c4ccccc4n5-c4ccccc4)ccc32)cc1. The summed E-state index contributed by atoms with van der Waals surface area (Å²) < 4.78 is 14.0. The molecule has 0 N–H and O–H groups in total. The van der Waals surface area contributed by atoms with Crippen molar-refractivity contribution in [2.75, 3.05) is 0 Å². The van der Waals surface area contributed by atoms with E-state index >= 15 is 0 Å². The molecule has 0 aliphatic rings. The molecule has 0 spiro atoms. The van der Waals surface area contributed by atoms with Crippen LogP contribution in [-0.4, -0.2) is 13.7 Å². The van der Waals surface area contributed by atoms with E-state index in [0.717, 1.165) is 61.4 Å². The van der Waals surface area contributed by atoms with Crippen molar-refractivity contribution < 1.29 is 4.74 Å². The van der Waals surface area contributed by atoms with Crippen LogP contribution >= 0.6 is 0 Å². The normalized spacial score (nSPS) is 11.8. The van der Waals surface area contributed by atoms with E-state index in [1.165, 1.54) is 54.8 Å². The molecule has 4 nitrogen and oxygen atoms in total. The molecule has 0 fully saturated rings. The summed E-state index contributed by atoms with van der Waals surface area (Å²) in [6, 6.07) is 84.7. The first-order chi connectivity index (χ1) is 31.8. The van der Waals surface area contributed by atoms with Gasteiger partial charge in [-0.3, -0.25) is 0 Å². The van der Waals surface area contributed by atoms with Crippen LogP contribution in [0.25, 0.3) is 105 Å². The molecule has 10 aromatic carbocycles. The van der Waals surface area contributed by atoms with E-state index in [1.54, 1.807) is 0 Å². The molecule has 3 aromatic heterocycles. The van der Waals surface area contributed by atoms with Gasteiger partial charge in [-0.25, -0.2) is 0 Å². The maximum Gasteiger partial charge on any atom is 0.128 e. The maximum absolute atomic E-state index is 6.84. The van der Waals surface area contributed by atoms with Crippen LogP contribution in [-0.2, 0) is 0 Å². The third-order valence-electron chi connectivity index (χ3n) is 12.9. The maximum atomic E-state index is 6.84. The Labute approximate surface area is 369 Å². The van der Waals surface area contributed by atoms with Crippen LogP contribution < -0.4 is 4.74 Å². The van der Waals surface area contributed by atoms with E-state index in [0.29, 0.717) is 0 Å². The molecule has 0 bridgehead atoms. The van der Waals surface area contributed by atoms with Gasteiger partial charge in [0.25, 0.3) is 0 Å². The first-order valence-electron chi connectivity index (χ1n) is 21.8. The minimum Gasteiger partial charge on any atom is -0.457 e. The predicted octanol–water partition coefficient (Wildman–Crippen LogP) is 16.1. The number of benzene rings is 10. The molecule has 0 atom stereocenters. The smallest absolute Gasteiger partial charge is 0.128 e. The van der Waals surface area contributed by atoms with Gasteiger partial charge in [-0.2, -0.15) is 0 Å². The lowest BCUT2D eigenvalue weighted by Gasteiger charge is -2.19. The molecule has 64 heavy (non-hydrogen) atoms. The van der Waals surface area contributed by atoms with Crippen molar-refractivity contribution in [3.05, 3.63) is 237 Å². The van der Waals surface area contributed by atoms with Crippen LogP contribution in [0.1, 0.15) is 0 Å². The van der Waals surface area contributed by atoms with Crippen LogP contribution in [0.5, 0.6) is 11.5 Å². The fourth-order valence-corrected chi connectivity index (χ4v) is 10.1. The monoisotopic (exact) mass is 817 g/mol. The average molecular weight is 818 g/mol. The van der Waals surface area contributed by atoms with E-state index in [-0.39, 0.29) is 0 Å². The number of rotatable bonds is 7. The van der Waals surface area contributed by atoms with Crippen LogP contribution in [0, 0.1) is 0 Å². The minimum absolute atomic E-state index is 0.790. The Kier molecular flexibility index (Phi) is 8.18. The largest absolute Gasteiger partial charge is 0.457 e. The van der Waals surface area contributed by atoms with Gasteiger partial charge in [0.05, 0.1) is 38.8 Å². The second kappa shape index (κ2) is 14.5. The van der Waals surface area contributed by atoms with Crippen molar-refractivity contribution >= 4 is 65.4 Å². The fraction of sp³-hybridized carbons (Fsp3) is 0. The van der Waals surface area contributed by atoms with Gasteiger partial charge in [0.1, 0.15) is 11.5 Å². The summed E-state index contributed by atoms with van der Waals surface area (Å²) in [6.45, 7) is 0. The third kappa shape index (κ3) is 5.63. The van der Waals surface area contributed by atoms with Gasteiger partial charge in [0.2, 0.25) is 0 Å². The molecule has 13 aromatic rings. The molecule has 0 amide bonds. The Morgan fingerprint density at radius 3 is 1.17 bits per heavy atom. The number of aromatic nitrogens is 3. The molecule has 13 rings (SSSR count). The predicted molar refractivity (Wildman–Crippen MR) is 267 cm³/mol. The summed E-state index contributed by atoms with van der Waals surface area (Å²) in [7, 11) is 0. The van der Waals surface area contributed by atoms with Crippen molar-refractivity contribution in [2.24, 2.45) is 0 Å². The highest BCUT2D eigenvalue weighted by Gasteiger charge is 2.21. The summed E-state index contributed by atoms with van der Waals surface area (Å²) in [5.41, 5.74) is 15.1. The van der Waals surface area contributed by atoms with Gasteiger partial charge in [-0.1, -0.05) is 152 Å². The van der Waals surface area contributed by atoms with Crippen molar-refractivity contribution in [3.8, 4) is 50.8 Å². The Morgan fingerprint density at radius 2 is 0.641 bits per heavy atom. The summed E-state index contributed by atoms with van der Waals surface area (Å²) in [5, 5.41) is 7.09. The molecular formula is C60H39N3O. The number of fused-ring (bicyclic) bond motifs is 9. The Bertz CT molecular complexity index is 3860. The quantitative estimate of drug-likeness (QED) is 0.157. The topological polar surface area (TPSA) is 24.0 Å². The van der Waals surface area contributed by atoms with Gasteiger partial charge < -0.3 is 18.4 Å². The number of nitrogens with zero attached hydrogens (tertiary/aromatic N) is 3. The van der Waals surface area contributed by atoms with Crippen molar-refractivity contribution in [1.29, 1.82) is 0 Å². The third-order valence-corrected chi connectivity index (χ3v) is 12.9. The zero-order valence-corrected chi connectivity index (χ0v) is 34.8. The first kappa shape index (κ1) is 36.1. The van der Waals surface area contributed by atoms with Gasteiger partial charge in [-0.05, 0) is 96.1 Å². The summed E-state index contributed by atoms with van der Waals surface area (Å²) in [6.07, 6.45) is 0. The molecule has 0 unspecified atom stereocenters. The highest BCUT2D eigenvalue weighted by Crippen LogP contribution is 2.43. The molecule has 3 heterocycles. The number of hydrogen-bond donors (Lipinski definition) is 0. The van der Waals surface area contributed by atoms with Crippen molar-refractivity contribution in [2.45, 2.75) is 0 Å². The van der Waals surface area contributed by atoms with Gasteiger partial charge in [0, 0.05) is 54.8 Å². The second-order valence-corrected chi connectivity index (χ2v) is 16.5. The van der Waals surface area contributed by atoms with Gasteiger partial charge >= 0.3 is 0 Å². The lowest BCUT2D eigenvalue weighted by atomic mass is 9.95. The van der Waals surface area contributed by atoms with E-state index in [1.807, 2.05) is 0 Å². The average Bonchev–Trinajstić information content (AvgIpc) is 3.99. The summed E-state index contributed by atoms with van der Waals surface area (Å²) in [4.78, 5) is 0. The lowest BCUT2D eigenvalue weighted by molar-refractivity contribution is 0.484. The highest BCUT2D eigenvalue weighted by atomic mass is 16.5. The minimum atomic E-state index is 0.790. The first-order valence-corrected chi connectivity index (χ1v) is 21.8. The molecule has 300 valence electrons. The Morgan fingerprint density at radius 1 is 0.250 bits per heavy atom. The van der Waals surface area contributed by atoms with E-state index in [9.17, 15) is 0 Å². The Hall–Kier alpha value is -8.60. The zero-order valence-electron chi connectivity index (χ0n) is 34.8. The molecule has 0 radical (unpaired) electrons. The van der Waals surface area contributed by atoms with E-state index in [2.05, 4.69) is 250 Å². The zero-order chi connectivity index (χ0) is 42.1. The van der Waals surface area contributed by atoms with Crippen LogP contribution in [0.4, 0.5) is 0 Å². The second-order valence-electron chi connectivity index (χ2n) is 16.5. The van der Waals surface area contributed by atoms with E-state index < -0.39 is 0 Å². The lowest BCUT2D eigenvalue weighted by Crippen LogP contribution is -2.00. The van der Waals surface area contributed by atoms with Gasteiger partial charge in [-0.15, -0.1) is 0 Å². The molecule has 0 saturated carbocycles. The fourth-order valence-electron chi connectivity index (χ4n) is 10.1. The van der Waals surface area contributed by atoms with Crippen molar-refractivity contribution in [1.82, 2.24) is 13.7 Å². The Balaban J connectivity index is 0.936. The molecule has 0 aliphatic carbocycles. The van der Waals surface area contributed by atoms with Crippen LogP contribution in [0.2, 0.25) is 0 Å². The van der Waals surface area contributed by atoms with Gasteiger partial charge in [0.15, 0.2) is 0 Å². The number of hydrogen-bond acceptors (Lipinski definition) is 1. The van der Waals surface area contributed by atoms with Crippen LogP contribution in [0.15, 0.2) is 237 Å². The number of ether oxygens (including phenoxy) is 1. The summed E-state index contributed by atoms with van der Waals surface area (Å²) >= 11 is 0. The molecule has 0 saturated heterocycles. The van der Waals surface area contributed by atoms with E-state index in [4.69, 9.17) is 4.74 Å². The summed E-state index contributed by atoms with van der Waals surface area (Å²) in [5.74, 6) is 1.58. The highest BCUT2D eigenvalue weighted by molar-refractivity contribution is 6.13.